The minimum atomic E-state index is 0.0855. The van der Waals surface area contributed by atoms with Crippen molar-refractivity contribution in [2.45, 2.75) is 6.42 Å². The second kappa shape index (κ2) is 4.64. The van der Waals surface area contributed by atoms with Crippen LogP contribution >= 0.6 is 11.6 Å². The molecule has 1 atom stereocenters. The highest BCUT2D eigenvalue weighted by molar-refractivity contribution is 6.30. The Balaban J connectivity index is 1.96. The quantitative estimate of drug-likeness (QED) is 0.806. The van der Waals surface area contributed by atoms with Crippen molar-refractivity contribution in [2.75, 3.05) is 18.4 Å². The van der Waals surface area contributed by atoms with Crippen LogP contribution in [-0.2, 0) is 4.79 Å². The maximum absolute atomic E-state index is 11.7. The van der Waals surface area contributed by atoms with Gasteiger partial charge in [0, 0.05) is 17.3 Å². The van der Waals surface area contributed by atoms with E-state index in [4.69, 9.17) is 11.6 Å². The summed E-state index contributed by atoms with van der Waals surface area (Å²) in [7, 11) is 0. The monoisotopic (exact) mass is 224 g/mol. The van der Waals surface area contributed by atoms with E-state index in [1.165, 1.54) is 0 Å². The molecule has 0 radical (unpaired) electrons. The summed E-state index contributed by atoms with van der Waals surface area (Å²) in [6.45, 7) is 1.71. The van der Waals surface area contributed by atoms with Crippen LogP contribution in [-0.4, -0.2) is 19.0 Å². The van der Waals surface area contributed by atoms with Crippen LogP contribution in [0.4, 0.5) is 5.69 Å². The van der Waals surface area contributed by atoms with Crippen LogP contribution in [0.1, 0.15) is 6.42 Å². The number of anilines is 1. The Morgan fingerprint density at radius 1 is 1.40 bits per heavy atom. The summed E-state index contributed by atoms with van der Waals surface area (Å²) in [6.07, 6.45) is 0.916. The van der Waals surface area contributed by atoms with Gasteiger partial charge in [-0.15, -0.1) is 0 Å². The van der Waals surface area contributed by atoms with Gasteiger partial charge < -0.3 is 10.6 Å². The summed E-state index contributed by atoms with van der Waals surface area (Å²) in [6, 6.07) is 7.15. The predicted molar refractivity (Wildman–Crippen MR) is 61.1 cm³/mol. The normalized spacial score (nSPS) is 20.2. The molecule has 80 valence electrons. The van der Waals surface area contributed by atoms with Crippen molar-refractivity contribution >= 4 is 23.2 Å². The van der Waals surface area contributed by atoms with E-state index in [1.807, 2.05) is 12.1 Å². The molecule has 2 rings (SSSR count). The Bertz CT molecular complexity index is 344. The first-order valence-corrected chi connectivity index (χ1v) is 5.40. The maximum Gasteiger partial charge on any atom is 0.228 e. The Hall–Kier alpha value is -1.06. The number of halogens is 1. The lowest BCUT2D eigenvalue weighted by Gasteiger charge is -2.09. The Morgan fingerprint density at radius 3 is 2.73 bits per heavy atom. The molecule has 1 aliphatic heterocycles. The summed E-state index contributed by atoms with van der Waals surface area (Å²) in [5, 5.41) is 6.72. The zero-order chi connectivity index (χ0) is 10.7. The van der Waals surface area contributed by atoms with Crippen molar-refractivity contribution < 1.29 is 4.79 Å². The fourth-order valence-electron chi connectivity index (χ4n) is 1.66. The van der Waals surface area contributed by atoms with Crippen molar-refractivity contribution in [3.63, 3.8) is 0 Å². The van der Waals surface area contributed by atoms with Gasteiger partial charge in [-0.1, -0.05) is 11.6 Å². The molecular formula is C11H13ClN2O. The second-order valence-electron chi connectivity index (χ2n) is 3.69. The second-order valence-corrected chi connectivity index (χ2v) is 4.12. The Kier molecular flexibility index (Phi) is 3.23. The summed E-state index contributed by atoms with van der Waals surface area (Å²) in [4.78, 5) is 11.7. The molecule has 0 bridgehead atoms. The molecule has 0 aliphatic carbocycles. The lowest BCUT2D eigenvalue weighted by atomic mass is 10.1. The zero-order valence-corrected chi connectivity index (χ0v) is 9.05. The van der Waals surface area contributed by atoms with Crippen molar-refractivity contribution in [2.24, 2.45) is 5.92 Å². The molecule has 15 heavy (non-hydrogen) atoms. The third-order valence-corrected chi connectivity index (χ3v) is 2.79. The van der Waals surface area contributed by atoms with Crippen molar-refractivity contribution in [3.8, 4) is 0 Å². The van der Waals surface area contributed by atoms with Crippen LogP contribution in [0.3, 0.4) is 0 Å². The number of amides is 1. The highest BCUT2D eigenvalue weighted by atomic mass is 35.5. The van der Waals surface area contributed by atoms with Crippen LogP contribution in [0, 0.1) is 5.92 Å². The van der Waals surface area contributed by atoms with Gasteiger partial charge in [0.2, 0.25) is 5.91 Å². The Morgan fingerprint density at radius 2 is 2.13 bits per heavy atom. The largest absolute Gasteiger partial charge is 0.326 e. The molecule has 1 heterocycles. The highest BCUT2D eigenvalue weighted by Gasteiger charge is 2.22. The predicted octanol–water partition coefficient (Wildman–Crippen LogP) is 1.89. The molecule has 1 amide bonds. The number of nitrogens with one attached hydrogen (secondary N) is 2. The standard InChI is InChI=1S/C11H13ClN2O/c12-9-1-3-10(4-2-9)14-11(15)8-5-6-13-7-8/h1-4,8,13H,5-7H2,(H,14,15)/t8-/m0/s1. The third kappa shape index (κ3) is 2.70. The molecule has 2 N–H and O–H groups in total. The van der Waals surface area contributed by atoms with Crippen LogP contribution in [0.5, 0.6) is 0 Å². The fraction of sp³-hybridized carbons (Fsp3) is 0.364. The van der Waals surface area contributed by atoms with Crippen molar-refractivity contribution in [1.29, 1.82) is 0 Å². The molecule has 1 aliphatic rings. The van der Waals surface area contributed by atoms with Gasteiger partial charge in [0.05, 0.1) is 5.92 Å². The van der Waals surface area contributed by atoms with Crippen LogP contribution < -0.4 is 10.6 Å². The van der Waals surface area contributed by atoms with Crippen LogP contribution in [0.15, 0.2) is 24.3 Å². The number of carbonyl (C=O) groups excluding carboxylic acids is 1. The topological polar surface area (TPSA) is 41.1 Å². The van der Waals surface area contributed by atoms with Gasteiger partial charge >= 0.3 is 0 Å². The van der Waals surface area contributed by atoms with Gasteiger partial charge in [0.15, 0.2) is 0 Å². The maximum atomic E-state index is 11.7. The molecule has 1 fully saturated rings. The minimum absolute atomic E-state index is 0.0855. The van der Waals surface area contributed by atoms with Gasteiger partial charge in [-0.2, -0.15) is 0 Å². The first kappa shape index (κ1) is 10.5. The van der Waals surface area contributed by atoms with Gasteiger partial charge in [-0.05, 0) is 37.2 Å². The lowest BCUT2D eigenvalue weighted by Crippen LogP contribution is -2.24. The Labute approximate surface area is 93.8 Å². The number of benzene rings is 1. The third-order valence-electron chi connectivity index (χ3n) is 2.54. The molecule has 0 unspecified atom stereocenters. The van der Waals surface area contributed by atoms with E-state index in [2.05, 4.69) is 10.6 Å². The first-order chi connectivity index (χ1) is 7.25. The van der Waals surface area contributed by atoms with E-state index in [1.54, 1.807) is 12.1 Å². The average Bonchev–Trinajstić information content (AvgIpc) is 2.74. The number of hydrogen-bond donors (Lipinski definition) is 2. The fourth-order valence-corrected chi connectivity index (χ4v) is 1.78. The molecule has 0 spiro atoms. The van der Waals surface area contributed by atoms with E-state index in [0.717, 1.165) is 25.2 Å². The molecule has 0 saturated carbocycles. The van der Waals surface area contributed by atoms with Crippen LogP contribution in [0.2, 0.25) is 5.02 Å². The summed E-state index contributed by atoms with van der Waals surface area (Å²) >= 11 is 5.75. The van der Waals surface area contributed by atoms with Crippen LogP contribution in [0.25, 0.3) is 0 Å². The average molecular weight is 225 g/mol. The number of rotatable bonds is 2. The summed E-state index contributed by atoms with van der Waals surface area (Å²) in [5.41, 5.74) is 0.802. The smallest absolute Gasteiger partial charge is 0.228 e. The van der Waals surface area contributed by atoms with E-state index >= 15 is 0 Å². The highest BCUT2D eigenvalue weighted by Crippen LogP contribution is 2.15. The number of carbonyl (C=O) groups is 1. The molecular weight excluding hydrogens is 212 g/mol. The summed E-state index contributed by atoms with van der Waals surface area (Å²) < 4.78 is 0. The van der Waals surface area contributed by atoms with Gasteiger partial charge in [-0.25, -0.2) is 0 Å². The molecule has 0 aromatic heterocycles. The molecule has 1 saturated heterocycles. The SMILES string of the molecule is O=C(Nc1ccc(Cl)cc1)[C@H]1CCNC1. The first-order valence-electron chi connectivity index (χ1n) is 5.03. The van der Waals surface area contributed by atoms with Crippen molar-refractivity contribution in [3.05, 3.63) is 29.3 Å². The van der Waals surface area contributed by atoms with Gasteiger partial charge in [-0.3, -0.25) is 4.79 Å². The van der Waals surface area contributed by atoms with E-state index in [9.17, 15) is 4.79 Å². The number of hydrogen-bond acceptors (Lipinski definition) is 2. The zero-order valence-electron chi connectivity index (χ0n) is 8.29. The van der Waals surface area contributed by atoms with E-state index in [0.29, 0.717) is 5.02 Å². The van der Waals surface area contributed by atoms with E-state index < -0.39 is 0 Å². The van der Waals surface area contributed by atoms with Gasteiger partial charge in [0.25, 0.3) is 0 Å². The minimum Gasteiger partial charge on any atom is -0.326 e. The molecule has 3 nitrogen and oxygen atoms in total. The lowest BCUT2D eigenvalue weighted by molar-refractivity contribution is -0.119. The summed E-state index contributed by atoms with van der Waals surface area (Å²) in [5.74, 6) is 0.183. The van der Waals surface area contributed by atoms with E-state index in [-0.39, 0.29) is 11.8 Å². The van der Waals surface area contributed by atoms with Crippen molar-refractivity contribution in [1.82, 2.24) is 5.32 Å². The molecule has 4 heteroatoms. The molecule has 1 aromatic rings. The van der Waals surface area contributed by atoms with Gasteiger partial charge in [0.1, 0.15) is 0 Å². The molecule has 1 aromatic carbocycles.